The minimum atomic E-state index is 0.0474. The quantitative estimate of drug-likeness (QED) is 0.570. The van der Waals surface area contributed by atoms with E-state index in [9.17, 15) is 4.79 Å². The van der Waals surface area contributed by atoms with Crippen molar-refractivity contribution in [1.29, 1.82) is 0 Å². The molecule has 0 aromatic heterocycles. The van der Waals surface area contributed by atoms with Gasteiger partial charge >= 0.3 is 0 Å². The monoisotopic (exact) mass is 388 g/mol. The molecule has 1 amide bonds. The molecule has 0 saturated carbocycles. The summed E-state index contributed by atoms with van der Waals surface area (Å²) >= 11 is 0. The summed E-state index contributed by atoms with van der Waals surface area (Å²) in [5.74, 6) is 0.899. The highest BCUT2D eigenvalue weighted by Crippen LogP contribution is 2.14. The van der Waals surface area contributed by atoms with Crippen molar-refractivity contribution in [1.82, 2.24) is 10.2 Å². The van der Waals surface area contributed by atoms with Gasteiger partial charge in [0.05, 0.1) is 6.54 Å². The summed E-state index contributed by atoms with van der Waals surface area (Å²) in [6.07, 6.45) is 0.799. The summed E-state index contributed by atoms with van der Waals surface area (Å²) in [4.78, 5) is 14.2. The van der Waals surface area contributed by atoms with Crippen molar-refractivity contribution in [2.45, 2.75) is 19.6 Å². The van der Waals surface area contributed by atoms with Gasteiger partial charge < -0.3 is 10.1 Å². The number of ether oxygens (including phenoxy) is 1. The number of nitrogens with one attached hydrogen (secondary N) is 1. The van der Waals surface area contributed by atoms with Crippen LogP contribution < -0.4 is 10.1 Å². The molecule has 0 aliphatic heterocycles. The molecule has 4 heteroatoms. The third-order valence-corrected chi connectivity index (χ3v) is 4.62. The van der Waals surface area contributed by atoms with Crippen LogP contribution in [0.3, 0.4) is 0 Å². The predicted octanol–water partition coefficient (Wildman–Crippen LogP) is 4.06. The highest BCUT2D eigenvalue weighted by atomic mass is 16.5. The molecule has 3 rings (SSSR count). The molecular formula is C25H28N2O2. The van der Waals surface area contributed by atoms with Gasteiger partial charge in [-0.1, -0.05) is 72.8 Å². The summed E-state index contributed by atoms with van der Waals surface area (Å²) in [6, 6.07) is 28.3. The maximum Gasteiger partial charge on any atom is 0.234 e. The molecule has 3 aromatic rings. The largest absolute Gasteiger partial charge is 0.489 e. The summed E-state index contributed by atoms with van der Waals surface area (Å²) in [6.45, 7) is 2.34. The minimum Gasteiger partial charge on any atom is -0.489 e. The molecule has 0 atom stereocenters. The van der Waals surface area contributed by atoms with Gasteiger partial charge in [-0.05, 0) is 42.3 Å². The summed E-state index contributed by atoms with van der Waals surface area (Å²) in [7, 11) is 1.96. The van der Waals surface area contributed by atoms with Gasteiger partial charge in [0.2, 0.25) is 5.91 Å². The third-order valence-electron chi connectivity index (χ3n) is 4.62. The van der Waals surface area contributed by atoms with Crippen LogP contribution >= 0.6 is 0 Å². The first-order chi connectivity index (χ1) is 14.2. The van der Waals surface area contributed by atoms with Gasteiger partial charge in [0.25, 0.3) is 0 Å². The first-order valence-electron chi connectivity index (χ1n) is 9.94. The second-order valence-corrected chi connectivity index (χ2v) is 7.18. The molecule has 0 aliphatic carbocycles. The first-order valence-corrected chi connectivity index (χ1v) is 9.94. The Bertz CT molecular complexity index is 864. The van der Waals surface area contributed by atoms with Crippen molar-refractivity contribution in [3.8, 4) is 5.75 Å². The molecule has 0 spiro atoms. The Hall–Kier alpha value is -3.11. The lowest BCUT2D eigenvalue weighted by molar-refractivity contribution is -0.122. The molecule has 3 aromatic carbocycles. The van der Waals surface area contributed by atoms with Crippen LogP contribution in [0.25, 0.3) is 0 Å². The summed E-state index contributed by atoms with van der Waals surface area (Å²) in [5.41, 5.74) is 3.53. The molecule has 0 heterocycles. The van der Waals surface area contributed by atoms with Gasteiger partial charge in [0.1, 0.15) is 12.4 Å². The highest BCUT2D eigenvalue weighted by Gasteiger charge is 2.07. The molecule has 4 nitrogen and oxygen atoms in total. The number of likely N-dealkylation sites (N-methyl/N-ethyl adjacent to an activating group) is 1. The number of benzene rings is 3. The van der Waals surface area contributed by atoms with Gasteiger partial charge in [-0.15, -0.1) is 0 Å². The predicted molar refractivity (Wildman–Crippen MR) is 117 cm³/mol. The average Bonchev–Trinajstić information content (AvgIpc) is 2.74. The molecular weight excluding hydrogens is 360 g/mol. The van der Waals surface area contributed by atoms with Crippen molar-refractivity contribution in [2.75, 3.05) is 20.1 Å². The smallest absolute Gasteiger partial charge is 0.234 e. The summed E-state index contributed by atoms with van der Waals surface area (Å²) in [5, 5.41) is 3.00. The number of hydrogen-bond acceptors (Lipinski definition) is 3. The Balaban J connectivity index is 1.35. The number of carbonyl (C=O) groups excluding carboxylic acids is 1. The SMILES string of the molecule is CN(CC(=O)NCCc1ccc(OCc2ccccc2)cc1)Cc1ccccc1. The molecule has 0 bridgehead atoms. The Kier molecular flexibility index (Phi) is 7.84. The van der Waals surface area contributed by atoms with Gasteiger partial charge in [-0.25, -0.2) is 0 Å². The third kappa shape index (κ3) is 7.43. The zero-order valence-corrected chi connectivity index (χ0v) is 16.9. The number of rotatable bonds is 10. The average molecular weight is 389 g/mol. The van der Waals surface area contributed by atoms with Crippen molar-refractivity contribution < 1.29 is 9.53 Å². The van der Waals surface area contributed by atoms with Crippen LogP contribution in [0.15, 0.2) is 84.9 Å². The van der Waals surface area contributed by atoms with Gasteiger partial charge in [0, 0.05) is 13.1 Å². The molecule has 0 aliphatic rings. The number of hydrogen-bond donors (Lipinski definition) is 1. The van der Waals surface area contributed by atoms with Crippen LogP contribution in [0, 0.1) is 0 Å². The van der Waals surface area contributed by atoms with E-state index in [1.54, 1.807) is 0 Å². The highest BCUT2D eigenvalue weighted by molar-refractivity contribution is 5.77. The van der Waals surface area contributed by atoms with Crippen molar-refractivity contribution >= 4 is 5.91 Å². The molecule has 1 N–H and O–H groups in total. The van der Waals surface area contributed by atoms with E-state index in [4.69, 9.17) is 4.74 Å². The normalized spacial score (nSPS) is 10.7. The molecule has 0 fully saturated rings. The second kappa shape index (κ2) is 11.0. The van der Waals surface area contributed by atoms with E-state index in [0.717, 1.165) is 24.3 Å². The van der Waals surface area contributed by atoms with Crippen molar-refractivity contribution in [3.05, 3.63) is 102 Å². The fourth-order valence-corrected chi connectivity index (χ4v) is 3.09. The van der Waals surface area contributed by atoms with Crippen molar-refractivity contribution in [2.24, 2.45) is 0 Å². The van der Waals surface area contributed by atoms with Crippen molar-refractivity contribution in [3.63, 3.8) is 0 Å². The lowest BCUT2D eigenvalue weighted by atomic mass is 10.1. The lowest BCUT2D eigenvalue weighted by Gasteiger charge is -2.16. The molecule has 0 unspecified atom stereocenters. The van der Waals surface area contributed by atoms with E-state index in [1.807, 2.05) is 84.7 Å². The Morgan fingerprint density at radius 3 is 2.10 bits per heavy atom. The topological polar surface area (TPSA) is 41.6 Å². The Morgan fingerprint density at radius 2 is 1.45 bits per heavy atom. The lowest BCUT2D eigenvalue weighted by Crippen LogP contribution is -2.35. The summed E-state index contributed by atoms with van der Waals surface area (Å²) < 4.78 is 5.81. The molecule has 0 radical (unpaired) electrons. The van der Waals surface area contributed by atoms with E-state index < -0.39 is 0 Å². The van der Waals surface area contributed by atoms with Crippen LogP contribution in [0.1, 0.15) is 16.7 Å². The van der Waals surface area contributed by atoms with Gasteiger partial charge in [-0.2, -0.15) is 0 Å². The number of amides is 1. The Labute approximate surface area is 173 Å². The zero-order valence-electron chi connectivity index (χ0n) is 16.9. The van der Waals surface area contributed by atoms with E-state index in [2.05, 4.69) is 17.4 Å². The molecule has 150 valence electrons. The van der Waals surface area contributed by atoms with Gasteiger partial charge in [0.15, 0.2) is 0 Å². The Morgan fingerprint density at radius 1 is 0.828 bits per heavy atom. The van der Waals surface area contributed by atoms with Crippen LogP contribution in [0.4, 0.5) is 0 Å². The first kappa shape index (κ1) is 20.6. The second-order valence-electron chi connectivity index (χ2n) is 7.18. The van der Waals surface area contributed by atoms with E-state index in [1.165, 1.54) is 11.1 Å². The number of nitrogens with zero attached hydrogens (tertiary/aromatic N) is 1. The maximum atomic E-state index is 12.1. The fourth-order valence-electron chi connectivity index (χ4n) is 3.09. The molecule has 0 saturated heterocycles. The zero-order chi connectivity index (χ0) is 20.3. The standard InChI is InChI=1S/C25H28N2O2/c1-27(18-22-8-4-2-5-9-22)19-25(28)26-17-16-21-12-14-24(15-13-21)29-20-23-10-6-3-7-11-23/h2-15H,16-20H2,1H3,(H,26,28). The minimum absolute atomic E-state index is 0.0474. The van der Waals surface area contributed by atoms with Crippen LogP contribution in [-0.2, 0) is 24.4 Å². The van der Waals surface area contributed by atoms with E-state index in [0.29, 0.717) is 19.7 Å². The van der Waals surface area contributed by atoms with Crippen LogP contribution in [0.2, 0.25) is 0 Å². The number of carbonyl (C=O) groups is 1. The molecule has 29 heavy (non-hydrogen) atoms. The van der Waals surface area contributed by atoms with Gasteiger partial charge in [-0.3, -0.25) is 9.69 Å². The fraction of sp³-hybridized carbons (Fsp3) is 0.240. The maximum absolute atomic E-state index is 12.1. The van der Waals surface area contributed by atoms with Crippen LogP contribution in [0.5, 0.6) is 5.75 Å². The van der Waals surface area contributed by atoms with Crippen LogP contribution in [-0.4, -0.2) is 30.9 Å². The van der Waals surface area contributed by atoms with E-state index in [-0.39, 0.29) is 5.91 Å². The van der Waals surface area contributed by atoms with E-state index >= 15 is 0 Å².